The van der Waals surface area contributed by atoms with Crippen molar-refractivity contribution in [3.05, 3.63) is 64.7 Å². The van der Waals surface area contributed by atoms with Crippen LogP contribution in [-0.4, -0.2) is 36.4 Å². The number of nitrogens with two attached hydrogens (primary N) is 1. The molecule has 2 aromatic rings. The van der Waals surface area contributed by atoms with Gasteiger partial charge in [0.25, 0.3) is 5.91 Å². The lowest BCUT2D eigenvalue weighted by Gasteiger charge is -2.42. The number of carbonyl (C=O) groups excluding carboxylic acids is 2. The highest BCUT2D eigenvalue weighted by Gasteiger charge is 2.39. The van der Waals surface area contributed by atoms with E-state index in [1.807, 2.05) is 36.1 Å². The van der Waals surface area contributed by atoms with Gasteiger partial charge in [-0.2, -0.15) is 0 Å². The molecule has 28 heavy (non-hydrogen) atoms. The maximum atomic E-state index is 13.0. The van der Waals surface area contributed by atoms with Crippen molar-refractivity contribution < 1.29 is 14.3 Å². The van der Waals surface area contributed by atoms with Crippen LogP contribution in [0.25, 0.3) is 0 Å². The molecule has 0 bridgehead atoms. The highest BCUT2D eigenvalue weighted by atomic mass is 35.5. The van der Waals surface area contributed by atoms with Crippen molar-refractivity contribution in [1.29, 1.82) is 0 Å². The fraction of sp³-hybridized carbons (Fsp3) is 0.364. The van der Waals surface area contributed by atoms with Crippen LogP contribution < -0.4 is 10.5 Å². The quantitative estimate of drug-likeness (QED) is 0.800. The largest absolute Gasteiger partial charge is 0.493 e. The molecule has 0 unspecified atom stereocenters. The van der Waals surface area contributed by atoms with E-state index in [0.717, 1.165) is 18.4 Å². The van der Waals surface area contributed by atoms with Gasteiger partial charge in [-0.05, 0) is 56.2 Å². The summed E-state index contributed by atoms with van der Waals surface area (Å²) in [4.78, 5) is 26.5. The summed E-state index contributed by atoms with van der Waals surface area (Å²) in [7, 11) is 0. The lowest BCUT2D eigenvalue weighted by Crippen LogP contribution is -2.50. The van der Waals surface area contributed by atoms with Gasteiger partial charge in [-0.25, -0.2) is 0 Å². The summed E-state index contributed by atoms with van der Waals surface area (Å²) in [5, 5.41) is 0.631. The van der Waals surface area contributed by atoms with Crippen LogP contribution >= 0.6 is 11.6 Å². The average molecular weight is 401 g/mol. The number of carbonyl (C=O) groups is 2. The minimum atomic E-state index is -0.496. The smallest absolute Gasteiger partial charge is 0.253 e. The molecule has 0 aliphatic carbocycles. The standard InChI is InChI=1S/C22H25ClN2O3/c1-16-3-5-17(6-4-16)21(27)25-12-2-11-22(14-25,13-20(24)26)15-28-19-9-7-18(23)8-10-19/h3-10H,2,11-15H2,1H3,(H2,24,26)/t22-/m1/s1. The third-order valence-electron chi connectivity index (χ3n) is 5.16. The number of hydrogen-bond acceptors (Lipinski definition) is 3. The van der Waals surface area contributed by atoms with E-state index in [2.05, 4.69) is 0 Å². The molecule has 2 aromatic carbocycles. The second-order valence-corrected chi connectivity index (χ2v) is 8.02. The van der Waals surface area contributed by atoms with Crippen LogP contribution in [0.4, 0.5) is 0 Å². The van der Waals surface area contributed by atoms with Gasteiger partial charge < -0.3 is 15.4 Å². The lowest BCUT2D eigenvalue weighted by atomic mass is 9.77. The van der Waals surface area contributed by atoms with Crippen molar-refractivity contribution in [2.75, 3.05) is 19.7 Å². The Morgan fingerprint density at radius 1 is 1.14 bits per heavy atom. The first kappa shape index (κ1) is 20.2. The Morgan fingerprint density at radius 2 is 1.82 bits per heavy atom. The second kappa shape index (κ2) is 8.65. The van der Waals surface area contributed by atoms with Crippen LogP contribution in [0.5, 0.6) is 5.75 Å². The molecule has 1 aliphatic rings. The average Bonchev–Trinajstić information content (AvgIpc) is 2.67. The molecule has 2 amide bonds. The van der Waals surface area contributed by atoms with E-state index < -0.39 is 5.41 Å². The van der Waals surface area contributed by atoms with Crippen LogP contribution in [0.3, 0.4) is 0 Å². The number of aryl methyl sites for hydroxylation is 1. The predicted molar refractivity (Wildman–Crippen MR) is 110 cm³/mol. The number of halogens is 1. The molecule has 0 spiro atoms. The van der Waals surface area contributed by atoms with Gasteiger partial charge in [-0.15, -0.1) is 0 Å². The zero-order chi connectivity index (χ0) is 20.1. The van der Waals surface area contributed by atoms with E-state index in [9.17, 15) is 9.59 Å². The van der Waals surface area contributed by atoms with Crippen LogP contribution in [0.15, 0.2) is 48.5 Å². The van der Waals surface area contributed by atoms with E-state index in [1.165, 1.54) is 0 Å². The summed E-state index contributed by atoms with van der Waals surface area (Å²) >= 11 is 5.92. The highest BCUT2D eigenvalue weighted by Crippen LogP contribution is 2.35. The Morgan fingerprint density at radius 3 is 2.46 bits per heavy atom. The molecule has 1 aliphatic heterocycles. The van der Waals surface area contributed by atoms with Crippen LogP contribution in [-0.2, 0) is 4.79 Å². The first-order valence-corrected chi connectivity index (χ1v) is 9.77. The molecule has 6 heteroatoms. The molecular weight excluding hydrogens is 376 g/mol. The minimum Gasteiger partial charge on any atom is -0.493 e. The first-order chi connectivity index (χ1) is 13.4. The molecule has 148 valence electrons. The number of piperidine rings is 1. The number of ether oxygens (including phenoxy) is 1. The maximum Gasteiger partial charge on any atom is 0.253 e. The van der Waals surface area contributed by atoms with Crippen molar-refractivity contribution in [1.82, 2.24) is 4.90 Å². The summed E-state index contributed by atoms with van der Waals surface area (Å²) in [6.45, 7) is 3.40. The zero-order valence-corrected chi connectivity index (χ0v) is 16.7. The monoisotopic (exact) mass is 400 g/mol. The predicted octanol–water partition coefficient (Wildman–Crippen LogP) is 3.83. The Hall–Kier alpha value is -2.53. The van der Waals surface area contributed by atoms with Gasteiger partial charge in [0.15, 0.2) is 0 Å². The van der Waals surface area contributed by atoms with E-state index in [-0.39, 0.29) is 18.2 Å². The molecular formula is C22H25ClN2O3. The fourth-order valence-corrected chi connectivity index (χ4v) is 3.84. The topological polar surface area (TPSA) is 72.6 Å². The summed E-state index contributed by atoms with van der Waals surface area (Å²) in [6.07, 6.45) is 1.76. The molecule has 0 saturated carbocycles. The van der Waals surface area contributed by atoms with Crippen LogP contribution in [0.1, 0.15) is 35.2 Å². The molecule has 5 nitrogen and oxygen atoms in total. The molecule has 1 saturated heterocycles. The van der Waals surface area contributed by atoms with E-state index >= 15 is 0 Å². The number of rotatable bonds is 6. The Balaban J connectivity index is 1.75. The first-order valence-electron chi connectivity index (χ1n) is 9.40. The summed E-state index contributed by atoms with van der Waals surface area (Å²) in [6, 6.07) is 14.6. The number of hydrogen-bond donors (Lipinski definition) is 1. The normalized spacial score (nSPS) is 19.3. The van der Waals surface area contributed by atoms with Gasteiger partial charge >= 0.3 is 0 Å². The molecule has 1 fully saturated rings. The maximum absolute atomic E-state index is 13.0. The minimum absolute atomic E-state index is 0.0277. The van der Waals surface area contributed by atoms with E-state index in [4.69, 9.17) is 22.1 Å². The second-order valence-electron chi connectivity index (χ2n) is 7.58. The summed E-state index contributed by atoms with van der Waals surface area (Å²) in [5.74, 6) is 0.264. The molecule has 1 heterocycles. The van der Waals surface area contributed by atoms with Gasteiger partial charge in [-0.1, -0.05) is 29.3 Å². The number of primary amides is 1. The third-order valence-corrected chi connectivity index (χ3v) is 5.41. The van der Waals surface area contributed by atoms with Gasteiger partial charge in [0, 0.05) is 35.5 Å². The van der Waals surface area contributed by atoms with Crippen molar-refractivity contribution >= 4 is 23.4 Å². The van der Waals surface area contributed by atoms with Gasteiger partial charge in [0.2, 0.25) is 5.91 Å². The molecule has 2 N–H and O–H groups in total. The van der Waals surface area contributed by atoms with Crippen molar-refractivity contribution in [3.63, 3.8) is 0 Å². The summed E-state index contributed by atoms with van der Waals surface area (Å²) in [5.41, 5.74) is 6.79. The number of benzene rings is 2. The van der Waals surface area contributed by atoms with Gasteiger partial charge in [-0.3, -0.25) is 9.59 Å². The lowest BCUT2D eigenvalue weighted by molar-refractivity contribution is -0.122. The Labute approximate surface area is 170 Å². The number of amides is 2. The van der Waals surface area contributed by atoms with Gasteiger partial charge in [0.1, 0.15) is 5.75 Å². The fourth-order valence-electron chi connectivity index (χ4n) is 3.71. The van der Waals surface area contributed by atoms with E-state index in [1.54, 1.807) is 24.3 Å². The Bertz CT molecular complexity index is 836. The third kappa shape index (κ3) is 5.04. The summed E-state index contributed by atoms with van der Waals surface area (Å²) < 4.78 is 5.95. The molecule has 1 atom stereocenters. The Kier molecular flexibility index (Phi) is 6.25. The van der Waals surface area contributed by atoms with Gasteiger partial charge in [0.05, 0.1) is 6.61 Å². The zero-order valence-electron chi connectivity index (χ0n) is 16.0. The highest BCUT2D eigenvalue weighted by molar-refractivity contribution is 6.30. The molecule has 0 radical (unpaired) electrons. The SMILES string of the molecule is Cc1ccc(C(=O)N2CCC[C@@](COc3ccc(Cl)cc3)(CC(N)=O)C2)cc1. The van der Waals surface area contributed by atoms with Crippen molar-refractivity contribution in [2.45, 2.75) is 26.2 Å². The van der Waals surface area contributed by atoms with Crippen LogP contribution in [0.2, 0.25) is 5.02 Å². The van der Waals surface area contributed by atoms with E-state index in [0.29, 0.717) is 36.0 Å². The number of nitrogens with zero attached hydrogens (tertiary/aromatic N) is 1. The molecule has 0 aromatic heterocycles. The van der Waals surface area contributed by atoms with Crippen LogP contribution in [0, 0.1) is 12.3 Å². The van der Waals surface area contributed by atoms with Crippen molar-refractivity contribution in [2.24, 2.45) is 11.1 Å². The van der Waals surface area contributed by atoms with Crippen molar-refractivity contribution in [3.8, 4) is 5.75 Å². The molecule has 3 rings (SSSR count). The number of likely N-dealkylation sites (tertiary alicyclic amines) is 1.